The maximum absolute atomic E-state index is 12.7. The molecule has 9 nitrogen and oxygen atoms in total. The van der Waals surface area contributed by atoms with Gasteiger partial charge in [0.15, 0.2) is 0 Å². The van der Waals surface area contributed by atoms with E-state index in [9.17, 15) is 23.3 Å². The molecule has 0 aliphatic carbocycles. The van der Waals surface area contributed by atoms with Crippen LogP contribution in [0.4, 0.5) is 22.7 Å². The summed E-state index contributed by atoms with van der Waals surface area (Å²) in [4.78, 5) is 25.7. The first-order valence-corrected chi connectivity index (χ1v) is 12.3. The number of nitro groups is 1. The Labute approximate surface area is 201 Å². The van der Waals surface area contributed by atoms with E-state index in [1.54, 1.807) is 36.4 Å². The number of nitrogens with zero attached hydrogens (tertiary/aromatic N) is 2. The molecule has 1 saturated heterocycles. The zero-order chi connectivity index (χ0) is 24.3. The van der Waals surface area contributed by atoms with Crippen LogP contribution in [0.15, 0.2) is 71.6 Å². The number of anilines is 3. The van der Waals surface area contributed by atoms with Crippen LogP contribution in [0.25, 0.3) is 0 Å². The van der Waals surface area contributed by atoms with Crippen LogP contribution >= 0.6 is 11.6 Å². The van der Waals surface area contributed by atoms with Crippen LogP contribution < -0.4 is 14.9 Å². The number of nitrogens with one attached hydrogen (secondary N) is 2. The Morgan fingerprint density at radius 1 is 1.00 bits per heavy atom. The first-order valence-electron chi connectivity index (χ1n) is 10.5. The SMILES string of the molecule is O=C(Nc1ccc(S(=O)(=O)Nc2ccccc2Cl)cc1)c1ccc(N2CCCC2)c([N+](=O)[O-])c1. The van der Waals surface area contributed by atoms with Crippen LogP contribution in [0, 0.1) is 10.1 Å². The third-order valence-corrected chi connectivity index (χ3v) is 7.13. The average Bonchev–Trinajstić information content (AvgIpc) is 3.35. The van der Waals surface area contributed by atoms with E-state index in [2.05, 4.69) is 10.0 Å². The molecule has 0 radical (unpaired) electrons. The number of carbonyl (C=O) groups excluding carboxylic acids is 1. The van der Waals surface area contributed by atoms with Crippen molar-refractivity contribution in [1.82, 2.24) is 0 Å². The highest BCUT2D eigenvalue weighted by atomic mass is 35.5. The van der Waals surface area contributed by atoms with Gasteiger partial charge in [-0.05, 0) is 61.4 Å². The van der Waals surface area contributed by atoms with E-state index >= 15 is 0 Å². The topological polar surface area (TPSA) is 122 Å². The van der Waals surface area contributed by atoms with Gasteiger partial charge in [0.05, 0.1) is 20.5 Å². The lowest BCUT2D eigenvalue weighted by molar-refractivity contribution is -0.384. The number of nitro benzene ring substituents is 1. The van der Waals surface area contributed by atoms with Crippen LogP contribution in [0.2, 0.25) is 5.02 Å². The molecule has 0 atom stereocenters. The van der Waals surface area contributed by atoms with Gasteiger partial charge in [0.2, 0.25) is 0 Å². The van der Waals surface area contributed by atoms with Crippen LogP contribution in [-0.2, 0) is 10.0 Å². The minimum Gasteiger partial charge on any atom is -0.366 e. The quantitative estimate of drug-likeness (QED) is 0.351. The highest BCUT2D eigenvalue weighted by Crippen LogP contribution is 2.32. The maximum atomic E-state index is 12.7. The number of sulfonamides is 1. The molecule has 1 amide bonds. The van der Waals surface area contributed by atoms with E-state index in [0.29, 0.717) is 11.4 Å². The summed E-state index contributed by atoms with van der Waals surface area (Å²) in [5, 5.41) is 14.5. The summed E-state index contributed by atoms with van der Waals surface area (Å²) in [6.07, 6.45) is 1.94. The molecule has 1 aliphatic heterocycles. The van der Waals surface area contributed by atoms with Gasteiger partial charge in [0.25, 0.3) is 21.6 Å². The third-order valence-electron chi connectivity index (χ3n) is 5.42. The zero-order valence-corrected chi connectivity index (χ0v) is 19.5. The second-order valence-electron chi connectivity index (χ2n) is 7.72. The Bertz CT molecular complexity index is 1340. The number of halogens is 1. The number of benzene rings is 3. The monoisotopic (exact) mass is 500 g/mol. The van der Waals surface area contributed by atoms with E-state index < -0.39 is 20.9 Å². The second-order valence-corrected chi connectivity index (χ2v) is 9.81. The van der Waals surface area contributed by atoms with Gasteiger partial charge in [-0.15, -0.1) is 0 Å². The molecule has 3 aromatic carbocycles. The van der Waals surface area contributed by atoms with Crippen molar-refractivity contribution in [2.24, 2.45) is 0 Å². The zero-order valence-electron chi connectivity index (χ0n) is 17.9. The van der Waals surface area contributed by atoms with Gasteiger partial charge in [0.1, 0.15) is 5.69 Å². The predicted octanol–water partition coefficient (Wildman–Crippen LogP) is 4.90. The molecule has 2 N–H and O–H groups in total. The first kappa shape index (κ1) is 23.5. The summed E-state index contributed by atoms with van der Waals surface area (Å²) < 4.78 is 27.7. The largest absolute Gasteiger partial charge is 0.366 e. The number of carbonyl (C=O) groups is 1. The van der Waals surface area contributed by atoms with E-state index in [-0.39, 0.29) is 26.9 Å². The molecule has 34 heavy (non-hydrogen) atoms. The van der Waals surface area contributed by atoms with Crippen molar-refractivity contribution in [3.8, 4) is 0 Å². The van der Waals surface area contributed by atoms with E-state index in [4.69, 9.17) is 11.6 Å². The van der Waals surface area contributed by atoms with Gasteiger partial charge in [-0.1, -0.05) is 23.7 Å². The predicted molar refractivity (Wildman–Crippen MR) is 131 cm³/mol. The maximum Gasteiger partial charge on any atom is 0.293 e. The molecule has 1 heterocycles. The van der Waals surface area contributed by atoms with Crippen molar-refractivity contribution in [3.05, 3.63) is 87.4 Å². The Balaban J connectivity index is 1.49. The molecule has 1 aliphatic rings. The van der Waals surface area contributed by atoms with Crippen LogP contribution in [0.5, 0.6) is 0 Å². The van der Waals surface area contributed by atoms with Gasteiger partial charge >= 0.3 is 0 Å². The molecule has 11 heteroatoms. The molecule has 1 fully saturated rings. The average molecular weight is 501 g/mol. The van der Waals surface area contributed by atoms with E-state index in [0.717, 1.165) is 25.9 Å². The summed E-state index contributed by atoms with van der Waals surface area (Å²) in [5.74, 6) is -0.541. The Kier molecular flexibility index (Phi) is 6.71. The lowest BCUT2D eigenvalue weighted by Crippen LogP contribution is -2.20. The highest BCUT2D eigenvalue weighted by Gasteiger charge is 2.24. The molecular formula is C23H21ClN4O5S. The standard InChI is InChI=1S/C23H21ClN4O5S/c24-19-5-1-2-6-20(19)26-34(32,33)18-10-8-17(9-11-18)25-23(29)16-7-12-21(22(15-16)28(30)31)27-13-3-4-14-27/h1-2,5-12,15,26H,3-4,13-14H2,(H,25,29). The van der Waals surface area contributed by atoms with Crippen molar-refractivity contribution in [3.63, 3.8) is 0 Å². The van der Waals surface area contributed by atoms with E-state index in [1.807, 2.05) is 4.90 Å². The molecule has 0 unspecified atom stereocenters. The van der Waals surface area contributed by atoms with Crippen molar-refractivity contribution in [1.29, 1.82) is 0 Å². The fraction of sp³-hybridized carbons (Fsp3) is 0.174. The number of para-hydroxylation sites is 1. The molecule has 0 saturated carbocycles. The van der Waals surface area contributed by atoms with Gasteiger partial charge in [0, 0.05) is 30.4 Å². The van der Waals surface area contributed by atoms with Crippen molar-refractivity contribution >= 4 is 50.3 Å². The minimum atomic E-state index is -3.89. The number of amides is 1. The third kappa shape index (κ3) is 5.13. The van der Waals surface area contributed by atoms with Crippen molar-refractivity contribution < 1.29 is 18.1 Å². The Morgan fingerprint density at radius 2 is 1.68 bits per heavy atom. The summed E-state index contributed by atoms with van der Waals surface area (Å²) in [6.45, 7) is 1.49. The van der Waals surface area contributed by atoms with Gasteiger partial charge in [-0.25, -0.2) is 8.42 Å². The molecule has 176 valence electrons. The van der Waals surface area contributed by atoms with Crippen LogP contribution in [0.1, 0.15) is 23.2 Å². The summed E-state index contributed by atoms with van der Waals surface area (Å²) in [7, 11) is -3.89. The van der Waals surface area contributed by atoms with Crippen molar-refractivity contribution in [2.75, 3.05) is 28.0 Å². The summed E-state index contributed by atoms with van der Waals surface area (Å²) >= 11 is 6.02. The normalized spacial score (nSPS) is 13.5. The fourth-order valence-electron chi connectivity index (χ4n) is 3.70. The van der Waals surface area contributed by atoms with Crippen LogP contribution in [0.3, 0.4) is 0 Å². The van der Waals surface area contributed by atoms with Crippen LogP contribution in [-0.4, -0.2) is 32.3 Å². The lowest BCUT2D eigenvalue weighted by atomic mass is 10.1. The van der Waals surface area contributed by atoms with Gasteiger partial charge in [-0.3, -0.25) is 19.6 Å². The van der Waals surface area contributed by atoms with Gasteiger partial charge < -0.3 is 10.2 Å². The second kappa shape index (κ2) is 9.70. The summed E-state index contributed by atoms with van der Waals surface area (Å²) in [6, 6.07) is 16.4. The first-order chi connectivity index (χ1) is 16.2. The fourth-order valence-corrected chi connectivity index (χ4v) is 5.02. The highest BCUT2D eigenvalue weighted by molar-refractivity contribution is 7.92. The molecule has 4 rings (SSSR count). The number of rotatable bonds is 7. The Hall–Kier alpha value is -3.63. The summed E-state index contributed by atoms with van der Waals surface area (Å²) in [5.41, 5.74) is 1.10. The molecule has 0 bridgehead atoms. The van der Waals surface area contributed by atoms with Crippen molar-refractivity contribution in [2.45, 2.75) is 17.7 Å². The molecule has 0 aromatic heterocycles. The van der Waals surface area contributed by atoms with E-state index in [1.165, 1.54) is 30.3 Å². The smallest absolute Gasteiger partial charge is 0.293 e. The minimum absolute atomic E-state index is 0.0176. The number of hydrogen-bond donors (Lipinski definition) is 2. The lowest BCUT2D eigenvalue weighted by Gasteiger charge is -2.17. The molecule has 3 aromatic rings. The molecule has 0 spiro atoms. The molecular weight excluding hydrogens is 480 g/mol. The van der Waals surface area contributed by atoms with Gasteiger partial charge in [-0.2, -0.15) is 0 Å². The Morgan fingerprint density at radius 3 is 2.32 bits per heavy atom. The number of hydrogen-bond acceptors (Lipinski definition) is 6.